The van der Waals surface area contributed by atoms with Gasteiger partial charge in [0.1, 0.15) is 5.25 Å². The first kappa shape index (κ1) is 17.4. The minimum atomic E-state index is -0.422. The summed E-state index contributed by atoms with van der Waals surface area (Å²) < 4.78 is 6.65. The Balaban J connectivity index is 2.10. The van der Waals surface area contributed by atoms with Crippen LogP contribution >= 0.6 is 23.4 Å². The first-order valence-electron chi connectivity index (χ1n) is 7.46. The topological polar surface area (TPSA) is 69.9 Å². The second kappa shape index (κ2) is 7.67. The number of ether oxygens (including phenoxy) is 1. The van der Waals surface area contributed by atoms with E-state index in [-0.39, 0.29) is 5.97 Å². The summed E-state index contributed by atoms with van der Waals surface area (Å²) in [6, 6.07) is 11.1. The van der Waals surface area contributed by atoms with Crippen molar-refractivity contribution in [3.63, 3.8) is 0 Å². The molecule has 0 aliphatic rings. The van der Waals surface area contributed by atoms with Crippen molar-refractivity contribution in [2.24, 2.45) is 0 Å². The third-order valence-corrected chi connectivity index (χ3v) is 4.69. The molecule has 3 aromatic rings. The van der Waals surface area contributed by atoms with Gasteiger partial charge in [-0.15, -0.1) is 10.2 Å². The highest BCUT2D eigenvalue weighted by atomic mass is 35.5. The van der Waals surface area contributed by atoms with Gasteiger partial charge < -0.3 is 4.74 Å². The molecule has 0 bridgehead atoms. The maximum atomic E-state index is 11.8. The Morgan fingerprint density at radius 1 is 1.28 bits per heavy atom. The summed E-state index contributed by atoms with van der Waals surface area (Å²) in [6.07, 6.45) is 3.40. The normalized spacial score (nSPS) is 12.0. The third-order valence-electron chi connectivity index (χ3n) is 3.43. The van der Waals surface area contributed by atoms with Gasteiger partial charge in [0.25, 0.3) is 0 Å². The fourth-order valence-electron chi connectivity index (χ4n) is 2.25. The molecule has 0 saturated carbocycles. The fraction of sp³-hybridized carbons (Fsp3) is 0.176. The summed E-state index contributed by atoms with van der Waals surface area (Å²) in [5.74, 6) is 0.295. The van der Waals surface area contributed by atoms with Crippen LogP contribution in [-0.4, -0.2) is 38.1 Å². The predicted molar refractivity (Wildman–Crippen MR) is 96.9 cm³/mol. The summed E-state index contributed by atoms with van der Waals surface area (Å²) in [5.41, 5.74) is 1.61. The summed E-state index contributed by atoms with van der Waals surface area (Å²) in [6.45, 7) is 1.76. The zero-order valence-electron chi connectivity index (χ0n) is 13.6. The monoisotopic (exact) mass is 374 g/mol. The average molecular weight is 375 g/mol. The van der Waals surface area contributed by atoms with Gasteiger partial charge in [-0.1, -0.05) is 29.4 Å². The lowest BCUT2D eigenvalue weighted by molar-refractivity contribution is -0.139. The number of rotatable bonds is 5. The van der Waals surface area contributed by atoms with Crippen LogP contribution in [0.2, 0.25) is 5.02 Å². The quantitative estimate of drug-likeness (QED) is 0.501. The molecule has 1 atom stereocenters. The van der Waals surface area contributed by atoms with Crippen LogP contribution in [0.25, 0.3) is 17.1 Å². The largest absolute Gasteiger partial charge is 0.468 e. The van der Waals surface area contributed by atoms with E-state index < -0.39 is 5.25 Å². The molecule has 1 unspecified atom stereocenters. The van der Waals surface area contributed by atoms with Crippen molar-refractivity contribution in [1.82, 2.24) is 19.7 Å². The van der Waals surface area contributed by atoms with Gasteiger partial charge in [0.2, 0.25) is 0 Å². The molecule has 0 aliphatic heterocycles. The number of nitrogens with zero attached hydrogens (tertiary/aromatic N) is 4. The van der Waals surface area contributed by atoms with Crippen molar-refractivity contribution in [3.05, 3.63) is 53.8 Å². The fourth-order valence-corrected chi connectivity index (χ4v) is 3.33. The van der Waals surface area contributed by atoms with E-state index in [1.54, 1.807) is 25.4 Å². The number of carbonyl (C=O) groups excluding carboxylic acids is 1. The van der Waals surface area contributed by atoms with E-state index in [0.29, 0.717) is 16.0 Å². The van der Waals surface area contributed by atoms with E-state index in [4.69, 9.17) is 16.3 Å². The van der Waals surface area contributed by atoms with Gasteiger partial charge in [0.15, 0.2) is 11.0 Å². The maximum Gasteiger partial charge on any atom is 0.318 e. The van der Waals surface area contributed by atoms with E-state index >= 15 is 0 Å². The molecule has 0 aliphatic carbocycles. The molecular formula is C17H15ClN4O2S. The molecule has 1 aromatic carbocycles. The van der Waals surface area contributed by atoms with Crippen molar-refractivity contribution in [2.75, 3.05) is 7.11 Å². The molecule has 0 fully saturated rings. The van der Waals surface area contributed by atoms with E-state index in [9.17, 15) is 4.79 Å². The summed E-state index contributed by atoms with van der Waals surface area (Å²) >= 11 is 7.41. The predicted octanol–water partition coefficient (Wildman–Crippen LogP) is 3.64. The van der Waals surface area contributed by atoms with Crippen molar-refractivity contribution < 1.29 is 9.53 Å². The first-order valence-corrected chi connectivity index (χ1v) is 8.72. The first-order chi connectivity index (χ1) is 12.1. The average Bonchev–Trinajstić information content (AvgIpc) is 3.05. The molecule has 128 valence electrons. The highest BCUT2D eigenvalue weighted by Crippen LogP contribution is 2.30. The van der Waals surface area contributed by atoms with Crippen molar-refractivity contribution >= 4 is 29.3 Å². The zero-order valence-corrected chi connectivity index (χ0v) is 15.2. The number of benzene rings is 1. The second-order valence-electron chi connectivity index (χ2n) is 5.15. The van der Waals surface area contributed by atoms with Crippen LogP contribution in [0.15, 0.2) is 53.9 Å². The number of pyridine rings is 1. The number of thioether (sulfide) groups is 1. The van der Waals surface area contributed by atoms with Gasteiger partial charge in [-0.2, -0.15) is 0 Å². The van der Waals surface area contributed by atoms with Gasteiger partial charge in [-0.25, -0.2) is 0 Å². The molecule has 2 heterocycles. The molecular weight excluding hydrogens is 360 g/mol. The van der Waals surface area contributed by atoms with Crippen LogP contribution in [0, 0.1) is 0 Å². The second-order valence-corrected chi connectivity index (χ2v) is 6.89. The molecule has 25 heavy (non-hydrogen) atoms. The summed E-state index contributed by atoms with van der Waals surface area (Å²) in [7, 11) is 1.36. The van der Waals surface area contributed by atoms with Crippen LogP contribution in [0.4, 0.5) is 0 Å². The Bertz CT molecular complexity index is 885. The van der Waals surface area contributed by atoms with Crippen molar-refractivity contribution in [2.45, 2.75) is 17.3 Å². The van der Waals surface area contributed by atoms with Crippen LogP contribution < -0.4 is 0 Å². The van der Waals surface area contributed by atoms with E-state index in [0.717, 1.165) is 11.3 Å². The van der Waals surface area contributed by atoms with Gasteiger partial charge in [0.05, 0.1) is 12.8 Å². The van der Waals surface area contributed by atoms with E-state index in [1.807, 2.05) is 34.9 Å². The summed E-state index contributed by atoms with van der Waals surface area (Å²) in [4.78, 5) is 15.9. The number of halogens is 1. The lowest BCUT2D eigenvalue weighted by atomic mass is 10.2. The molecule has 0 saturated heterocycles. The Kier molecular flexibility index (Phi) is 5.35. The Labute approximate surface area is 154 Å². The van der Waals surface area contributed by atoms with Crippen LogP contribution in [0.1, 0.15) is 6.92 Å². The molecule has 8 heteroatoms. The number of hydrogen-bond donors (Lipinski definition) is 0. The molecule has 3 rings (SSSR count). The Hall–Kier alpha value is -2.38. The number of esters is 1. The number of aromatic nitrogens is 4. The SMILES string of the molecule is COC(=O)C(C)Sc1nnc(-c2cccnc2)n1-c1cccc(Cl)c1. The Morgan fingerprint density at radius 3 is 2.80 bits per heavy atom. The van der Waals surface area contributed by atoms with Crippen molar-refractivity contribution in [1.29, 1.82) is 0 Å². The number of methoxy groups -OCH3 is 1. The standard InChI is InChI=1S/C17H15ClN4O2S/c1-11(16(23)24-2)25-17-21-20-15(12-5-4-8-19-10-12)22(17)14-7-3-6-13(18)9-14/h3-11H,1-2H3. The van der Waals surface area contributed by atoms with Crippen molar-refractivity contribution in [3.8, 4) is 17.1 Å². The lowest BCUT2D eigenvalue weighted by Gasteiger charge is -2.12. The minimum absolute atomic E-state index is 0.325. The highest BCUT2D eigenvalue weighted by Gasteiger charge is 2.22. The van der Waals surface area contributed by atoms with E-state index in [2.05, 4.69) is 15.2 Å². The molecule has 0 radical (unpaired) electrons. The van der Waals surface area contributed by atoms with Crippen LogP contribution in [0.5, 0.6) is 0 Å². The van der Waals surface area contributed by atoms with E-state index in [1.165, 1.54) is 18.9 Å². The highest BCUT2D eigenvalue weighted by molar-refractivity contribution is 8.00. The number of hydrogen-bond acceptors (Lipinski definition) is 6. The maximum absolute atomic E-state index is 11.8. The van der Waals surface area contributed by atoms with Gasteiger partial charge in [-0.05, 0) is 37.3 Å². The molecule has 0 amide bonds. The molecule has 6 nitrogen and oxygen atoms in total. The van der Waals surface area contributed by atoms with Gasteiger partial charge >= 0.3 is 5.97 Å². The lowest BCUT2D eigenvalue weighted by Crippen LogP contribution is -2.15. The Morgan fingerprint density at radius 2 is 2.12 bits per heavy atom. The summed E-state index contributed by atoms with van der Waals surface area (Å²) in [5, 5.41) is 9.28. The third kappa shape index (κ3) is 3.83. The van der Waals surface area contributed by atoms with Gasteiger partial charge in [0, 0.05) is 23.0 Å². The van der Waals surface area contributed by atoms with Crippen LogP contribution in [0.3, 0.4) is 0 Å². The smallest absolute Gasteiger partial charge is 0.318 e. The number of carbonyl (C=O) groups is 1. The molecule has 0 spiro atoms. The van der Waals surface area contributed by atoms with Gasteiger partial charge in [-0.3, -0.25) is 14.3 Å². The minimum Gasteiger partial charge on any atom is -0.468 e. The molecule has 2 aromatic heterocycles. The van der Waals surface area contributed by atoms with Crippen LogP contribution in [-0.2, 0) is 9.53 Å². The zero-order chi connectivity index (χ0) is 17.8. The molecule has 0 N–H and O–H groups in total.